The van der Waals surface area contributed by atoms with E-state index in [1.54, 1.807) is 11.3 Å². The minimum atomic E-state index is -0.928. The topological polar surface area (TPSA) is 59.9 Å². The average molecular weight is 497 g/mol. The lowest BCUT2D eigenvalue weighted by Crippen LogP contribution is -2.42. The molecule has 0 aliphatic rings. The van der Waals surface area contributed by atoms with E-state index in [1.807, 2.05) is 31.4 Å². The summed E-state index contributed by atoms with van der Waals surface area (Å²) in [4.78, 5) is 8.00. The van der Waals surface area contributed by atoms with Crippen LogP contribution in [0.1, 0.15) is 52.8 Å². The monoisotopic (exact) mass is 496 g/mol. The molecule has 0 fully saturated rings. The van der Waals surface area contributed by atoms with E-state index in [9.17, 15) is 5.11 Å². The zero-order chi connectivity index (χ0) is 18.9. The van der Waals surface area contributed by atoms with Crippen LogP contribution in [0.25, 0.3) is 0 Å². The van der Waals surface area contributed by atoms with E-state index in [1.165, 1.54) is 0 Å². The zero-order valence-corrected chi connectivity index (χ0v) is 20.2. The lowest BCUT2D eigenvalue weighted by atomic mass is 10.1. The molecule has 1 unspecified atom stereocenters. The van der Waals surface area contributed by atoms with Gasteiger partial charge < -0.3 is 15.7 Å². The normalized spacial score (nSPS) is 14.5. The Morgan fingerprint density at radius 1 is 1.27 bits per heavy atom. The second-order valence-electron chi connectivity index (χ2n) is 7.15. The maximum Gasteiger partial charge on any atom is 0.191 e. The van der Waals surface area contributed by atoms with Crippen molar-refractivity contribution in [1.82, 2.24) is 15.5 Å². The number of hydrogen-bond acceptors (Lipinski definition) is 4. The van der Waals surface area contributed by atoms with Crippen LogP contribution >= 0.6 is 35.3 Å². The van der Waals surface area contributed by atoms with Gasteiger partial charge in [0.25, 0.3) is 0 Å². The molecule has 1 rings (SSSR count). The number of thiophene rings is 1. The van der Waals surface area contributed by atoms with Gasteiger partial charge in [0, 0.05) is 36.6 Å². The fraction of sp³-hybridized carbons (Fsp3) is 0.737. The van der Waals surface area contributed by atoms with Gasteiger partial charge in [-0.2, -0.15) is 0 Å². The largest absolute Gasteiger partial charge is 0.383 e. The van der Waals surface area contributed by atoms with Crippen molar-refractivity contribution >= 4 is 41.3 Å². The minimum absolute atomic E-state index is 0. The Balaban J connectivity index is 0.00000625. The van der Waals surface area contributed by atoms with Crippen molar-refractivity contribution in [3.63, 3.8) is 0 Å². The number of nitrogens with one attached hydrogen (secondary N) is 2. The van der Waals surface area contributed by atoms with Gasteiger partial charge in [0.1, 0.15) is 5.60 Å². The van der Waals surface area contributed by atoms with Gasteiger partial charge in [-0.25, -0.2) is 4.99 Å². The lowest BCUT2D eigenvalue weighted by molar-refractivity contribution is 0.0711. The van der Waals surface area contributed by atoms with Crippen molar-refractivity contribution in [1.29, 1.82) is 0 Å². The molecular weight excluding hydrogens is 459 g/mol. The van der Waals surface area contributed by atoms with Crippen LogP contribution in [0.2, 0.25) is 0 Å². The van der Waals surface area contributed by atoms with Gasteiger partial charge in [0.2, 0.25) is 0 Å². The van der Waals surface area contributed by atoms with E-state index in [-0.39, 0.29) is 24.0 Å². The Morgan fingerprint density at radius 2 is 1.92 bits per heavy atom. The molecule has 0 radical (unpaired) electrons. The standard InChI is InChI=1S/C19H36N4OS.HI/c1-7-20-18(21-11-9-12-23(15(2)3)16(4)5)22-14-19(6,24)17-10-8-13-25-17;/h8,10,13,15-16,24H,7,9,11-12,14H2,1-6H3,(H2,20,21,22);1H. The number of nitrogens with zero attached hydrogens (tertiary/aromatic N) is 2. The van der Waals surface area contributed by atoms with E-state index < -0.39 is 5.60 Å². The quantitative estimate of drug-likeness (QED) is 0.200. The highest BCUT2D eigenvalue weighted by molar-refractivity contribution is 14.0. The van der Waals surface area contributed by atoms with Gasteiger partial charge in [-0.1, -0.05) is 6.07 Å². The number of halogens is 1. The summed E-state index contributed by atoms with van der Waals surface area (Å²) in [5.41, 5.74) is -0.928. The Hall–Kier alpha value is -0.380. The molecule has 0 saturated carbocycles. The van der Waals surface area contributed by atoms with Crippen molar-refractivity contribution in [2.75, 3.05) is 26.2 Å². The first-order chi connectivity index (χ1) is 11.8. The van der Waals surface area contributed by atoms with Gasteiger partial charge in [-0.15, -0.1) is 35.3 Å². The molecule has 7 heteroatoms. The predicted molar refractivity (Wildman–Crippen MR) is 125 cm³/mol. The molecule has 0 aliphatic carbocycles. The maximum absolute atomic E-state index is 10.6. The second kappa shape index (κ2) is 12.9. The number of rotatable bonds is 10. The van der Waals surface area contributed by atoms with Gasteiger partial charge in [-0.05, 0) is 59.4 Å². The number of aliphatic hydroxyl groups is 1. The summed E-state index contributed by atoms with van der Waals surface area (Å²) >= 11 is 1.56. The van der Waals surface area contributed by atoms with Crippen LogP contribution in [0.3, 0.4) is 0 Å². The highest BCUT2D eigenvalue weighted by Crippen LogP contribution is 2.25. The van der Waals surface area contributed by atoms with Gasteiger partial charge in [-0.3, -0.25) is 4.90 Å². The Labute approximate surface area is 180 Å². The molecule has 1 atom stereocenters. The molecule has 0 bridgehead atoms. The van der Waals surface area contributed by atoms with Crippen molar-refractivity contribution in [3.05, 3.63) is 22.4 Å². The van der Waals surface area contributed by atoms with Gasteiger partial charge in [0.15, 0.2) is 5.96 Å². The molecule has 0 spiro atoms. The predicted octanol–water partition coefficient (Wildman–Crippen LogP) is 3.64. The van der Waals surface area contributed by atoms with Crippen molar-refractivity contribution in [2.45, 2.75) is 65.6 Å². The Bertz CT molecular complexity index is 496. The van der Waals surface area contributed by atoms with Crippen LogP contribution in [0.15, 0.2) is 22.5 Å². The van der Waals surface area contributed by atoms with E-state index in [0.29, 0.717) is 18.6 Å². The highest BCUT2D eigenvalue weighted by atomic mass is 127. The first kappa shape index (κ1) is 25.6. The van der Waals surface area contributed by atoms with Crippen LogP contribution in [0.4, 0.5) is 0 Å². The van der Waals surface area contributed by atoms with Crippen LogP contribution in [0.5, 0.6) is 0 Å². The molecule has 26 heavy (non-hydrogen) atoms. The fourth-order valence-electron chi connectivity index (χ4n) is 2.82. The smallest absolute Gasteiger partial charge is 0.191 e. The van der Waals surface area contributed by atoms with E-state index in [0.717, 1.165) is 36.9 Å². The highest BCUT2D eigenvalue weighted by Gasteiger charge is 2.24. The van der Waals surface area contributed by atoms with Crippen LogP contribution in [0, 0.1) is 0 Å². The zero-order valence-electron chi connectivity index (χ0n) is 17.1. The summed E-state index contributed by atoms with van der Waals surface area (Å²) in [6, 6.07) is 5.02. The van der Waals surface area contributed by atoms with Crippen LogP contribution < -0.4 is 10.6 Å². The van der Waals surface area contributed by atoms with Crippen molar-refractivity contribution < 1.29 is 5.11 Å². The first-order valence-electron chi connectivity index (χ1n) is 9.32. The van der Waals surface area contributed by atoms with Gasteiger partial charge in [0.05, 0.1) is 6.54 Å². The van der Waals surface area contributed by atoms with Crippen molar-refractivity contribution in [2.24, 2.45) is 4.99 Å². The molecule has 3 N–H and O–H groups in total. The summed E-state index contributed by atoms with van der Waals surface area (Å²) in [5.74, 6) is 0.764. The third-order valence-corrected chi connectivity index (χ3v) is 5.28. The van der Waals surface area contributed by atoms with Crippen LogP contribution in [-0.2, 0) is 5.60 Å². The third kappa shape index (κ3) is 9.01. The second-order valence-corrected chi connectivity index (χ2v) is 8.10. The summed E-state index contributed by atoms with van der Waals surface area (Å²) in [6.45, 7) is 15.9. The summed E-state index contributed by atoms with van der Waals surface area (Å²) < 4.78 is 0. The van der Waals surface area contributed by atoms with Crippen molar-refractivity contribution in [3.8, 4) is 0 Å². The molecule has 0 amide bonds. The fourth-order valence-corrected chi connectivity index (χ4v) is 3.60. The summed E-state index contributed by atoms with van der Waals surface area (Å²) in [7, 11) is 0. The first-order valence-corrected chi connectivity index (χ1v) is 10.2. The van der Waals surface area contributed by atoms with E-state index in [4.69, 9.17) is 0 Å². The molecular formula is C19H37IN4OS. The van der Waals surface area contributed by atoms with E-state index >= 15 is 0 Å². The molecule has 0 saturated heterocycles. The number of aliphatic imine (C=N–C) groups is 1. The lowest BCUT2D eigenvalue weighted by Gasteiger charge is -2.30. The maximum atomic E-state index is 10.6. The molecule has 0 aliphatic heterocycles. The number of hydrogen-bond donors (Lipinski definition) is 3. The molecule has 0 aromatic carbocycles. The Kier molecular flexibility index (Phi) is 12.7. The summed E-state index contributed by atoms with van der Waals surface area (Å²) in [5, 5.41) is 19.2. The number of guanidine groups is 1. The minimum Gasteiger partial charge on any atom is -0.383 e. The third-order valence-electron chi connectivity index (χ3n) is 4.15. The molecule has 1 aromatic rings. The molecule has 152 valence electrons. The van der Waals surface area contributed by atoms with E-state index in [2.05, 4.69) is 48.2 Å². The van der Waals surface area contributed by atoms with Crippen LogP contribution in [-0.4, -0.2) is 54.2 Å². The SMILES string of the molecule is CCNC(=NCC(C)(O)c1cccs1)NCCCN(C(C)C)C(C)C.I. The molecule has 5 nitrogen and oxygen atoms in total. The average Bonchev–Trinajstić information content (AvgIpc) is 3.06. The summed E-state index contributed by atoms with van der Waals surface area (Å²) in [6.07, 6.45) is 1.06. The molecule has 1 heterocycles. The Morgan fingerprint density at radius 3 is 2.42 bits per heavy atom. The molecule has 1 aromatic heterocycles. The van der Waals surface area contributed by atoms with Gasteiger partial charge >= 0.3 is 0 Å².